The van der Waals surface area contributed by atoms with Gasteiger partial charge in [-0.3, -0.25) is 19.1 Å². The summed E-state index contributed by atoms with van der Waals surface area (Å²) in [5.41, 5.74) is 0.221. The van der Waals surface area contributed by atoms with Crippen molar-refractivity contribution in [1.29, 1.82) is 0 Å². The molecule has 9 nitrogen and oxygen atoms in total. The van der Waals surface area contributed by atoms with Gasteiger partial charge >= 0.3 is 6.18 Å². The van der Waals surface area contributed by atoms with Crippen LogP contribution in [-0.2, 0) is 20.9 Å². The van der Waals surface area contributed by atoms with E-state index < -0.39 is 48.2 Å². The van der Waals surface area contributed by atoms with Gasteiger partial charge in [-0.1, -0.05) is 31.7 Å². The Hall–Kier alpha value is -3.48. The fourth-order valence-electron chi connectivity index (χ4n) is 5.18. The zero-order valence-electron chi connectivity index (χ0n) is 23.5. The molecular formula is C28H37F4N5O4. The zero-order valence-corrected chi connectivity index (χ0v) is 23.5. The second-order valence-corrected chi connectivity index (χ2v) is 10.3. The largest absolute Gasteiger partial charge is 0.406 e. The fourth-order valence-corrected chi connectivity index (χ4v) is 5.18. The molecule has 3 amide bonds. The number of nitrogens with zero attached hydrogens (tertiary/aromatic N) is 3. The average Bonchev–Trinajstić information content (AvgIpc) is 3.24. The van der Waals surface area contributed by atoms with Gasteiger partial charge in [-0.15, -0.1) is 0 Å². The van der Waals surface area contributed by atoms with E-state index in [2.05, 4.69) is 15.7 Å². The van der Waals surface area contributed by atoms with Crippen molar-refractivity contribution in [2.24, 2.45) is 5.92 Å². The van der Waals surface area contributed by atoms with E-state index in [1.807, 2.05) is 6.92 Å². The number of alkyl halides is 3. The first-order valence-corrected chi connectivity index (χ1v) is 13.7. The summed E-state index contributed by atoms with van der Waals surface area (Å²) in [6, 6.07) is 4.24. The highest BCUT2D eigenvalue weighted by atomic mass is 19.4. The lowest BCUT2D eigenvalue weighted by Crippen LogP contribution is -2.49. The Labute approximate surface area is 236 Å². The first kappa shape index (κ1) is 32.0. The first-order valence-electron chi connectivity index (χ1n) is 13.7. The van der Waals surface area contributed by atoms with Gasteiger partial charge in [-0.25, -0.2) is 4.39 Å². The minimum absolute atomic E-state index is 0.0998. The molecule has 41 heavy (non-hydrogen) atoms. The Bertz CT molecular complexity index is 1190. The molecule has 1 heterocycles. The molecule has 1 saturated carbocycles. The number of nitrogens with one attached hydrogen (secondary N) is 2. The van der Waals surface area contributed by atoms with Crippen molar-refractivity contribution >= 4 is 23.4 Å². The van der Waals surface area contributed by atoms with Gasteiger partial charge in [0.15, 0.2) is 0 Å². The van der Waals surface area contributed by atoms with Crippen LogP contribution in [0.25, 0.3) is 0 Å². The fraction of sp³-hybridized carbons (Fsp3) is 0.571. The summed E-state index contributed by atoms with van der Waals surface area (Å²) in [6.07, 6.45) is 2.20. The van der Waals surface area contributed by atoms with Crippen LogP contribution < -0.4 is 10.6 Å². The average molecular weight is 584 g/mol. The Morgan fingerprint density at radius 1 is 1.15 bits per heavy atom. The van der Waals surface area contributed by atoms with Crippen LogP contribution in [0.5, 0.6) is 0 Å². The van der Waals surface area contributed by atoms with E-state index in [1.165, 1.54) is 30.1 Å². The van der Waals surface area contributed by atoms with Crippen LogP contribution in [0, 0.1) is 11.7 Å². The number of aromatic nitrogens is 2. The van der Waals surface area contributed by atoms with Gasteiger partial charge in [0.25, 0.3) is 5.91 Å². The molecule has 1 aliphatic carbocycles. The standard InChI is InChI=1S/C28H37F4N5O4/c1-4-37-23(13-14-33-37)25(38)35-24(18-9-7-5-6-8-10-18)26(39)34-22-12-11-19(15-21(22)29)20(16-41-3)27(40)36(2)17-28(30,31)32/h11-15,18,20,24H,4-10,16-17H2,1-3H3,(H,34,39)(H,35,38)/t20-,24-/m0/s1. The molecule has 2 atom stereocenters. The predicted octanol–water partition coefficient (Wildman–Crippen LogP) is 4.50. The van der Waals surface area contributed by atoms with Crippen molar-refractivity contribution in [3.05, 3.63) is 47.5 Å². The summed E-state index contributed by atoms with van der Waals surface area (Å²) in [5.74, 6) is -4.16. The topological polar surface area (TPSA) is 106 Å². The van der Waals surface area contributed by atoms with E-state index >= 15 is 4.39 Å². The number of hydrogen-bond donors (Lipinski definition) is 2. The van der Waals surface area contributed by atoms with Crippen molar-refractivity contribution in [3.63, 3.8) is 0 Å². The van der Waals surface area contributed by atoms with Crippen molar-refractivity contribution < 1.29 is 36.7 Å². The number of hydrogen-bond acceptors (Lipinski definition) is 5. The lowest BCUT2D eigenvalue weighted by Gasteiger charge is -2.27. The van der Waals surface area contributed by atoms with E-state index in [0.717, 1.165) is 51.6 Å². The predicted molar refractivity (Wildman–Crippen MR) is 144 cm³/mol. The number of halogens is 4. The Kier molecular flexibility index (Phi) is 11.3. The van der Waals surface area contributed by atoms with Gasteiger partial charge in [-0.2, -0.15) is 18.3 Å². The SMILES string of the molecule is CCn1nccc1C(=O)N[C@H](C(=O)Nc1ccc([C@H](COC)C(=O)N(C)CC(F)(F)F)cc1F)C1CCCCCC1. The third-order valence-electron chi connectivity index (χ3n) is 7.27. The number of ether oxygens (including phenoxy) is 1. The Morgan fingerprint density at radius 2 is 1.83 bits per heavy atom. The lowest BCUT2D eigenvalue weighted by molar-refractivity contribution is -0.160. The van der Waals surface area contributed by atoms with Crippen LogP contribution in [0.3, 0.4) is 0 Å². The lowest BCUT2D eigenvalue weighted by atomic mass is 9.90. The number of likely N-dealkylation sites (N-methyl/N-ethyl adjacent to an activating group) is 1. The molecule has 2 aromatic rings. The Balaban J connectivity index is 1.82. The molecule has 13 heteroatoms. The summed E-state index contributed by atoms with van der Waals surface area (Å²) < 4.78 is 60.2. The molecule has 0 spiro atoms. The van der Waals surface area contributed by atoms with Gasteiger partial charge in [0, 0.05) is 26.9 Å². The second kappa shape index (κ2) is 14.4. The highest BCUT2D eigenvalue weighted by Gasteiger charge is 2.35. The molecule has 3 rings (SSSR count). The van der Waals surface area contributed by atoms with Gasteiger partial charge in [0.1, 0.15) is 24.1 Å². The second-order valence-electron chi connectivity index (χ2n) is 10.3. The van der Waals surface area contributed by atoms with Crippen LogP contribution in [0.1, 0.15) is 67.4 Å². The molecule has 1 aromatic heterocycles. The van der Waals surface area contributed by atoms with Crippen LogP contribution in [0.4, 0.5) is 23.2 Å². The van der Waals surface area contributed by atoms with Crippen molar-refractivity contribution in [3.8, 4) is 0 Å². The number of carbonyl (C=O) groups excluding carboxylic acids is 3. The highest BCUT2D eigenvalue weighted by molar-refractivity contribution is 6.00. The summed E-state index contributed by atoms with van der Waals surface area (Å²) >= 11 is 0. The number of amides is 3. The minimum Gasteiger partial charge on any atom is -0.384 e. The minimum atomic E-state index is -4.60. The van der Waals surface area contributed by atoms with Crippen LogP contribution >= 0.6 is 0 Å². The van der Waals surface area contributed by atoms with E-state index in [9.17, 15) is 27.6 Å². The monoisotopic (exact) mass is 583 g/mol. The number of rotatable bonds is 11. The molecule has 0 unspecified atom stereocenters. The van der Waals surface area contributed by atoms with Gasteiger partial charge in [0.05, 0.1) is 18.2 Å². The maximum Gasteiger partial charge on any atom is 0.406 e. The van der Waals surface area contributed by atoms with Gasteiger partial charge in [-0.05, 0) is 49.4 Å². The number of anilines is 1. The van der Waals surface area contributed by atoms with E-state index in [1.54, 1.807) is 6.07 Å². The van der Waals surface area contributed by atoms with E-state index in [0.29, 0.717) is 17.1 Å². The van der Waals surface area contributed by atoms with Crippen LogP contribution in [-0.4, -0.2) is 71.9 Å². The highest BCUT2D eigenvalue weighted by Crippen LogP contribution is 2.29. The van der Waals surface area contributed by atoms with Crippen molar-refractivity contribution in [2.45, 2.75) is 70.1 Å². The van der Waals surface area contributed by atoms with Crippen molar-refractivity contribution in [1.82, 2.24) is 20.0 Å². The van der Waals surface area contributed by atoms with Crippen LogP contribution in [0.2, 0.25) is 0 Å². The van der Waals surface area contributed by atoms with Crippen LogP contribution in [0.15, 0.2) is 30.5 Å². The molecule has 1 aromatic carbocycles. The summed E-state index contributed by atoms with van der Waals surface area (Å²) in [7, 11) is 2.29. The smallest absolute Gasteiger partial charge is 0.384 e. The Morgan fingerprint density at radius 3 is 2.41 bits per heavy atom. The third-order valence-corrected chi connectivity index (χ3v) is 7.27. The summed E-state index contributed by atoms with van der Waals surface area (Å²) in [6.45, 7) is 0.573. The third kappa shape index (κ3) is 8.75. The molecule has 0 aliphatic heterocycles. The molecule has 226 valence electrons. The molecule has 1 aliphatic rings. The van der Waals surface area contributed by atoms with E-state index in [4.69, 9.17) is 4.74 Å². The number of aryl methyl sites for hydroxylation is 1. The molecule has 2 N–H and O–H groups in total. The number of methoxy groups -OCH3 is 1. The maximum absolute atomic E-state index is 15.2. The molecule has 0 radical (unpaired) electrons. The number of benzene rings is 1. The molecule has 0 bridgehead atoms. The summed E-state index contributed by atoms with van der Waals surface area (Å²) in [4.78, 5) is 39.8. The zero-order chi connectivity index (χ0) is 30.2. The van der Waals surface area contributed by atoms with Gasteiger partial charge in [0.2, 0.25) is 11.8 Å². The number of carbonyl (C=O) groups is 3. The summed E-state index contributed by atoms with van der Waals surface area (Å²) in [5, 5.41) is 9.50. The normalized spacial score (nSPS) is 16.0. The molecule has 1 fully saturated rings. The molecular weight excluding hydrogens is 546 g/mol. The first-order chi connectivity index (χ1) is 19.4. The van der Waals surface area contributed by atoms with Gasteiger partial charge < -0.3 is 20.3 Å². The van der Waals surface area contributed by atoms with Crippen molar-refractivity contribution in [2.75, 3.05) is 32.6 Å². The molecule has 0 saturated heterocycles. The van der Waals surface area contributed by atoms with E-state index in [-0.39, 0.29) is 23.8 Å². The maximum atomic E-state index is 15.2. The quantitative estimate of drug-likeness (QED) is 0.300.